The summed E-state index contributed by atoms with van der Waals surface area (Å²) in [7, 11) is 0. The van der Waals surface area contributed by atoms with Gasteiger partial charge in [-0.1, -0.05) is 19.3 Å². The lowest BCUT2D eigenvalue weighted by molar-refractivity contribution is 0.0919. The van der Waals surface area contributed by atoms with Crippen LogP contribution in [0, 0.1) is 5.41 Å². The van der Waals surface area contributed by atoms with Gasteiger partial charge in [0.15, 0.2) is 0 Å². The molecule has 2 heteroatoms. The van der Waals surface area contributed by atoms with E-state index in [0.717, 1.165) is 25.5 Å². The van der Waals surface area contributed by atoms with Gasteiger partial charge >= 0.3 is 0 Å². The molecular weight excluding hydrogens is 184 g/mol. The van der Waals surface area contributed by atoms with Crippen molar-refractivity contribution in [2.45, 2.75) is 45.4 Å². The van der Waals surface area contributed by atoms with E-state index in [1.807, 2.05) is 6.92 Å². The molecule has 1 aliphatic carbocycles. The lowest BCUT2D eigenvalue weighted by Crippen LogP contribution is -2.27. The smallest absolute Gasteiger partial charge is 0.0471 e. The van der Waals surface area contributed by atoms with Crippen molar-refractivity contribution in [1.82, 2.24) is 0 Å². The second-order valence-electron chi connectivity index (χ2n) is 4.14. The van der Waals surface area contributed by atoms with Crippen molar-refractivity contribution in [1.29, 1.82) is 0 Å². The van der Waals surface area contributed by atoms with Crippen LogP contribution in [0.4, 0.5) is 0 Å². The summed E-state index contributed by atoms with van der Waals surface area (Å²) in [6.07, 6.45) is 7.89. The minimum atomic E-state index is 0.412. The van der Waals surface area contributed by atoms with E-state index >= 15 is 0 Å². The highest BCUT2D eigenvalue weighted by molar-refractivity contribution is 6.18. The molecule has 0 aromatic heterocycles. The first-order valence-electron chi connectivity index (χ1n) is 5.47. The third-order valence-corrected chi connectivity index (χ3v) is 3.75. The Hall–Kier alpha value is 0.250. The quantitative estimate of drug-likeness (QED) is 0.491. The zero-order chi connectivity index (χ0) is 9.57. The molecular formula is C11H21ClO. The predicted molar refractivity (Wildman–Crippen MR) is 57.3 cm³/mol. The summed E-state index contributed by atoms with van der Waals surface area (Å²) in [6, 6.07) is 0. The second-order valence-corrected chi connectivity index (χ2v) is 4.41. The van der Waals surface area contributed by atoms with Crippen LogP contribution in [0.15, 0.2) is 0 Å². The Morgan fingerprint density at radius 2 is 1.92 bits per heavy atom. The molecule has 1 nitrogen and oxygen atoms in total. The molecule has 1 fully saturated rings. The van der Waals surface area contributed by atoms with E-state index in [4.69, 9.17) is 16.3 Å². The lowest BCUT2D eigenvalue weighted by Gasteiger charge is -2.35. The zero-order valence-electron chi connectivity index (χ0n) is 8.65. The molecule has 0 aromatic carbocycles. The standard InChI is InChI=1S/C11H21ClO/c1-2-13-9-8-11(10-12)6-4-3-5-7-11/h2-10H2,1H3. The minimum absolute atomic E-state index is 0.412. The Kier molecular flexibility index (Phi) is 5.12. The molecule has 1 aliphatic rings. The Labute approximate surface area is 86.8 Å². The summed E-state index contributed by atoms with van der Waals surface area (Å²) < 4.78 is 5.40. The first-order chi connectivity index (χ1) is 6.33. The summed E-state index contributed by atoms with van der Waals surface area (Å²) in [5, 5.41) is 0. The van der Waals surface area contributed by atoms with Crippen LogP contribution in [0.2, 0.25) is 0 Å². The minimum Gasteiger partial charge on any atom is -0.382 e. The molecule has 0 aliphatic heterocycles. The number of rotatable bonds is 5. The number of alkyl halides is 1. The molecule has 0 amide bonds. The van der Waals surface area contributed by atoms with Gasteiger partial charge in [0.25, 0.3) is 0 Å². The molecule has 1 rings (SSSR count). The van der Waals surface area contributed by atoms with Crippen LogP contribution < -0.4 is 0 Å². The number of halogens is 1. The van der Waals surface area contributed by atoms with Crippen LogP contribution in [0.5, 0.6) is 0 Å². The SMILES string of the molecule is CCOCCC1(CCl)CCCCC1. The van der Waals surface area contributed by atoms with Crippen molar-refractivity contribution in [3.05, 3.63) is 0 Å². The van der Waals surface area contributed by atoms with Gasteiger partial charge in [0.1, 0.15) is 0 Å². The van der Waals surface area contributed by atoms with Crippen LogP contribution in [-0.2, 0) is 4.74 Å². The van der Waals surface area contributed by atoms with Gasteiger partial charge in [-0.3, -0.25) is 0 Å². The Bertz CT molecular complexity index is 130. The molecule has 0 N–H and O–H groups in total. The highest BCUT2D eigenvalue weighted by Gasteiger charge is 2.30. The molecule has 0 heterocycles. The first kappa shape index (κ1) is 11.3. The van der Waals surface area contributed by atoms with Gasteiger partial charge in [-0.15, -0.1) is 11.6 Å². The largest absolute Gasteiger partial charge is 0.382 e. The summed E-state index contributed by atoms with van der Waals surface area (Å²) in [4.78, 5) is 0. The average molecular weight is 205 g/mol. The van der Waals surface area contributed by atoms with Crippen LogP contribution >= 0.6 is 11.6 Å². The van der Waals surface area contributed by atoms with Gasteiger partial charge in [0.05, 0.1) is 0 Å². The van der Waals surface area contributed by atoms with E-state index in [0.29, 0.717) is 5.41 Å². The maximum atomic E-state index is 6.06. The molecule has 0 unspecified atom stereocenters. The fourth-order valence-corrected chi connectivity index (χ4v) is 2.59. The molecule has 13 heavy (non-hydrogen) atoms. The van der Waals surface area contributed by atoms with Crippen molar-refractivity contribution < 1.29 is 4.74 Å². The van der Waals surface area contributed by atoms with E-state index in [2.05, 4.69) is 0 Å². The van der Waals surface area contributed by atoms with Crippen molar-refractivity contribution in [2.75, 3.05) is 19.1 Å². The molecule has 0 radical (unpaired) electrons. The lowest BCUT2D eigenvalue weighted by atomic mass is 9.73. The molecule has 0 bridgehead atoms. The highest BCUT2D eigenvalue weighted by atomic mass is 35.5. The summed E-state index contributed by atoms with van der Waals surface area (Å²) in [6.45, 7) is 3.77. The number of ether oxygens (including phenoxy) is 1. The first-order valence-corrected chi connectivity index (χ1v) is 6.00. The maximum Gasteiger partial charge on any atom is 0.0471 e. The molecule has 78 valence electrons. The second kappa shape index (κ2) is 5.87. The monoisotopic (exact) mass is 204 g/mol. The molecule has 1 saturated carbocycles. The van der Waals surface area contributed by atoms with Gasteiger partial charge in [-0.2, -0.15) is 0 Å². The van der Waals surface area contributed by atoms with Gasteiger partial charge in [0, 0.05) is 19.1 Å². The highest BCUT2D eigenvalue weighted by Crippen LogP contribution is 2.40. The third-order valence-electron chi connectivity index (χ3n) is 3.18. The van der Waals surface area contributed by atoms with E-state index in [1.54, 1.807) is 0 Å². The van der Waals surface area contributed by atoms with Crippen LogP contribution in [0.1, 0.15) is 45.4 Å². The topological polar surface area (TPSA) is 9.23 Å². The van der Waals surface area contributed by atoms with Crippen molar-refractivity contribution in [3.8, 4) is 0 Å². The van der Waals surface area contributed by atoms with Crippen molar-refractivity contribution >= 4 is 11.6 Å². The maximum absolute atomic E-state index is 6.06. The third kappa shape index (κ3) is 3.47. The van der Waals surface area contributed by atoms with Crippen LogP contribution in [0.3, 0.4) is 0 Å². The van der Waals surface area contributed by atoms with Gasteiger partial charge in [-0.05, 0) is 31.6 Å². The fraction of sp³-hybridized carbons (Fsp3) is 1.00. The molecule has 0 saturated heterocycles. The van der Waals surface area contributed by atoms with Gasteiger partial charge < -0.3 is 4.74 Å². The van der Waals surface area contributed by atoms with E-state index in [-0.39, 0.29) is 0 Å². The normalized spacial score (nSPS) is 21.7. The van der Waals surface area contributed by atoms with E-state index in [1.165, 1.54) is 32.1 Å². The summed E-state index contributed by atoms with van der Waals surface area (Å²) in [5.74, 6) is 0.820. The number of hydrogen-bond donors (Lipinski definition) is 0. The molecule has 0 spiro atoms. The van der Waals surface area contributed by atoms with Crippen LogP contribution in [0.25, 0.3) is 0 Å². The molecule has 0 aromatic rings. The predicted octanol–water partition coefficient (Wildman–Crippen LogP) is 3.60. The number of hydrogen-bond acceptors (Lipinski definition) is 1. The van der Waals surface area contributed by atoms with Gasteiger partial charge in [-0.25, -0.2) is 0 Å². The average Bonchev–Trinajstić information content (AvgIpc) is 2.20. The van der Waals surface area contributed by atoms with Crippen molar-refractivity contribution in [2.24, 2.45) is 5.41 Å². The van der Waals surface area contributed by atoms with E-state index in [9.17, 15) is 0 Å². The van der Waals surface area contributed by atoms with Gasteiger partial charge in [0.2, 0.25) is 0 Å². The van der Waals surface area contributed by atoms with Crippen LogP contribution in [-0.4, -0.2) is 19.1 Å². The van der Waals surface area contributed by atoms with E-state index < -0.39 is 0 Å². The Morgan fingerprint density at radius 1 is 1.23 bits per heavy atom. The fourth-order valence-electron chi connectivity index (χ4n) is 2.19. The Morgan fingerprint density at radius 3 is 2.46 bits per heavy atom. The summed E-state index contributed by atoms with van der Waals surface area (Å²) in [5.41, 5.74) is 0.412. The zero-order valence-corrected chi connectivity index (χ0v) is 9.41. The Balaban J connectivity index is 2.29. The summed E-state index contributed by atoms with van der Waals surface area (Å²) >= 11 is 6.06. The van der Waals surface area contributed by atoms with Crippen molar-refractivity contribution in [3.63, 3.8) is 0 Å². The molecule has 0 atom stereocenters.